The molecule has 11 heavy (non-hydrogen) atoms. The van der Waals surface area contributed by atoms with Crippen molar-refractivity contribution >= 4 is 0 Å². The average molecular weight is 156 g/mol. The lowest BCUT2D eigenvalue weighted by atomic mass is 9.84. The highest BCUT2D eigenvalue weighted by Crippen LogP contribution is 2.28. The van der Waals surface area contributed by atoms with Gasteiger partial charge in [0.2, 0.25) is 0 Å². The maximum atomic E-state index is 5.44. The summed E-state index contributed by atoms with van der Waals surface area (Å²) in [6, 6.07) is 0. The van der Waals surface area contributed by atoms with E-state index < -0.39 is 0 Å². The van der Waals surface area contributed by atoms with Gasteiger partial charge in [0.1, 0.15) is 0 Å². The Morgan fingerprint density at radius 1 is 1.27 bits per heavy atom. The van der Waals surface area contributed by atoms with Crippen LogP contribution < -0.4 is 0 Å². The zero-order valence-corrected chi connectivity index (χ0v) is 7.81. The largest absolute Gasteiger partial charge is 0.381 e. The van der Waals surface area contributed by atoms with Crippen LogP contribution in [0.15, 0.2) is 0 Å². The van der Waals surface area contributed by atoms with Crippen LogP contribution in [0.25, 0.3) is 0 Å². The minimum atomic E-state index is 0.537. The monoisotopic (exact) mass is 156 g/mol. The van der Waals surface area contributed by atoms with E-state index in [1.807, 2.05) is 7.11 Å². The van der Waals surface area contributed by atoms with Gasteiger partial charge in [0.25, 0.3) is 0 Å². The van der Waals surface area contributed by atoms with Gasteiger partial charge in [-0.15, -0.1) is 0 Å². The Labute approximate surface area is 70.1 Å². The van der Waals surface area contributed by atoms with Gasteiger partial charge in [0.05, 0.1) is 6.10 Å². The first kappa shape index (κ1) is 9.05. The first-order chi connectivity index (χ1) is 5.38. The molecular formula is C10H20O. The second kappa shape index (κ2) is 4.76. The summed E-state index contributed by atoms with van der Waals surface area (Å²) < 4.78 is 5.44. The van der Waals surface area contributed by atoms with E-state index in [-0.39, 0.29) is 0 Å². The number of hydrogen-bond acceptors (Lipinski definition) is 1. The molecule has 0 N–H and O–H groups in total. The zero-order valence-electron chi connectivity index (χ0n) is 7.81. The maximum absolute atomic E-state index is 5.44. The molecule has 0 aromatic carbocycles. The Morgan fingerprint density at radius 3 is 2.36 bits per heavy atom. The predicted octanol–water partition coefficient (Wildman–Crippen LogP) is 2.99. The summed E-state index contributed by atoms with van der Waals surface area (Å²) >= 11 is 0. The van der Waals surface area contributed by atoms with Crippen molar-refractivity contribution in [3.63, 3.8) is 0 Å². The van der Waals surface area contributed by atoms with E-state index >= 15 is 0 Å². The summed E-state index contributed by atoms with van der Waals surface area (Å²) in [5.74, 6) is 0.860. The maximum Gasteiger partial charge on any atom is 0.0596 e. The van der Waals surface area contributed by atoms with Crippen molar-refractivity contribution in [2.24, 2.45) is 5.92 Å². The minimum Gasteiger partial charge on any atom is -0.381 e. The molecule has 1 fully saturated rings. The Bertz CT molecular complexity index is 91.0. The van der Waals surface area contributed by atoms with Crippen LogP contribution in [-0.4, -0.2) is 13.2 Å². The first-order valence-corrected chi connectivity index (χ1v) is 4.91. The van der Waals surface area contributed by atoms with Crippen LogP contribution in [0.1, 0.15) is 45.4 Å². The molecule has 0 aromatic rings. The van der Waals surface area contributed by atoms with Crippen LogP contribution in [0, 0.1) is 5.92 Å². The smallest absolute Gasteiger partial charge is 0.0596 e. The fourth-order valence-corrected chi connectivity index (χ4v) is 2.20. The Kier molecular flexibility index (Phi) is 3.92. The number of ether oxygens (including phenoxy) is 1. The number of hydrogen-bond donors (Lipinski definition) is 0. The Hall–Kier alpha value is -0.0400. The molecule has 0 amide bonds. The third-order valence-corrected chi connectivity index (χ3v) is 2.88. The van der Waals surface area contributed by atoms with E-state index in [0.717, 1.165) is 5.92 Å². The van der Waals surface area contributed by atoms with Crippen LogP contribution in [0.4, 0.5) is 0 Å². The van der Waals surface area contributed by atoms with Crippen LogP contribution in [0.2, 0.25) is 0 Å². The van der Waals surface area contributed by atoms with Crippen molar-refractivity contribution in [1.82, 2.24) is 0 Å². The van der Waals surface area contributed by atoms with E-state index in [2.05, 4.69) is 6.92 Å². The topological polar surface area (TPSA) is 9.23 Å². The van der Waals surface area contributed by atoms with Crippen molar-refractivity contribution < 1.29 is 4.74 Å². The lowest BCUT2D eigenvalue weighted by molar-refractivity contribution is 0.0340. The van der Waals surface area contributed by atoms with E-state index in [0.29, 0.717) is 6.10 Å². The molecule has 0 heterocycles. The van der Waals surface area contributed by atoms with Crippen molar-refractivity contribution in [2.75, 3.05) is 7.11 Å². The van der Waals surface area contributed by atoms with E-state index in [1.54, 1.807) is 0 Å². The van der Waals surface area contributed by atoms with Crippen LogP contribution in [0.3, 0.4) is 0 Å². The van der Waals surface area contributed by atoms with Gasteiger partial charge in [0, 0.05) is 7.11 Å². The average Bonchev–Trinajstić information content (AvgIpc) is 2.09. The molecule has 0 aliphatic heterocycles. The molecule has 1 atom stereocenters. The van der Waals surface area contributed by atoms with Gasteiger partial charge in [-0.1, -0.05) is 26.2 Å². The van der Waals surface area contributed by atoms with Gasteiger partial charge >= 0.3 is 0 Å². The summed E-state index contributed by atoms with van der Waals surface area (Å²) in [6.45, 7) is 2.22. The predicted molar refractivity (Wildman–Crippen MR) is 47.7 cm³/mol. The third-order valence-electron chi connectivity index (χ3n) is 2.88. The van der Waals surface area contributed by atoms with Gasteiger partial charge in [0.15, 0.2) is 0 Å². The molecule has 1 saturated carbocycles. The highest BCUT2D eigenvalue weighted by Gasteiger charge is 2.21. The molecule has 0 saturated heterocycles. The van der Waals surface area contributed by atoms with E-state index in [1.165, 1.54) is 38.5 Å². The molecule has 1 aliphatic carbocycles. The summed E-state index contributed by atoms with van der Waals surface area (Å²) in [7, 11) is 1.85. The first-order valence-electron chi connectivity index (χ1n) is 4.91. The minimum absolute atomic E-state index is 0.537. The van der Waals surface area contributed by atoms with Gasteiger partial charge in [-0.3, -0.25) is 0 Å². The van der Waals surface area contributed by atoms with Gasteiger partial charge in [-0.05, 0) is 25.2 Å². The summed E-state index contributed by atoms with van der Waals surface area (Å²) in [6.07, 6.45) is 8.79. The molecule has 0 aromatic heterocycles. The lowest BCUT2D eigenvalue weighted by Crippen LogP contribution is -2.24. The Balaban J connectivity index is 2.30. The van der Waals surface area contributed by atoms with Crippen molar-refractivity contribution in [3.05, 3.63) is 0 Å². The van der Waals surface area contributed by atoms with Crippen molar-refractivity contribution in [2.45, 2.75) is 51.6 Å². The molecule has 0 spiro atoms. The second-order valence-electron chi connectivity index (χ2n) is 3.58. The highest BCUT2D eigenvalue weighted by molar-refractivity contribution is 4.72. The molecule has 1 aliphatic rings. The zero-order chi connectivity index (χ0) is 8.10. The molecule has 0 bridgehead atoms. The van der Waals surface area contributed by atoms with Gasteiger partial charge < -0.3 is 4.74 Å². The highest BCUT2D eigenvalue weighted by atomic mass is 16.5. The van der Waals surface area contributed by atoms with Crippen molar-refractivity contribution in [1.29, 1.82) is 0 Å². The van der Waals surface area contributed by atoms with Crippen molar-refractivity contribution in [3.8, 4) is 0 Å². The van der Waals surface area contributed by atoms with Gasteiger partial charge in [-0.2, -0.15) is 0 Å². The summed E-state index contributed by atoms with van der Waals surface area (Å²) in [5, 5.41) is 0. The van der Waals surface area contributed by atoms with Gasteiger partial charge in [-0.25, -0.2) is 0 Å². The fraction of sp³-hybridized carbons (Fsp3) is 1.00. The number of rotatable bonds is 3. The third kappa shape index (κ3) is 2.48. The molecule has 1 heteroatoms. The van der Waals surface area contributed by atoms with E-state index in [9.17, 15) is 0 Å². The molecule has 66 valence electrons. The quantitative estimate of drug-likeness (QED) is 0.610. The fourth-order valence-electron chi connectivity index (χ4n) is 2.20. The summed E-state index contributed by atoms with van der Waals surface area (Å²) in [4.78, 5) is 0. The second-order valence-corrected chi connectivity index (χ2v) is 3.58. The van der Waals surface area contributed by atoms with Crippen LogP contribution >= 0.6 is 0 Å². The summed E-state index contributed by atoms with van der Waals surface area (Å²) in [5.41, 5.74) is 0. The van der Waals surface area contributed by atoms with Crippen LogP contribution in [-0.2, 0) is 4.74 Å². The molecule has 0 unspecified atom stereocenters. The standard InChI is InChI=1S/C10H20O/c1-3-10(11-2)9-7-5-4-6-8-9/h9-10H,3-8H2,1-2H3/t10-/m0/s1. The normalized spacial score (nSPS) is 23.5. The SMILES string of the molecule is CC[C@H](OC)C1CCCCC1. The Morgan fingerprint density at radius 2 is 1.91 bits per heavy atom. The van der Waals surface area contributed by atoms with E-state index in [4.69, 9.17) is 4.74 Å². The molecule has 0 radical (unpaired) electrons. The number of methoxy groups -OCH3 is 1. The lowest BCUT2D eigenvalue weighted by Gasteiger charge is -2.28. The molecular weight excluding hydrogens is 136 g/mol. The molecule has 1 rings (SSSR count). The molecule has 1 nitrogen and oxygen atoms in total. The van der Waals surface area contributed by atoms with Crippen LogP contribution in [0.5, 0.6) is 0 Å².